The maximum atomic E-state index is 12.2. The second-order valence-corrected chi connectivity index (χ2v) is 5.35. The van der Waals surface area contributed by atoms with Gasteiger partial charge in [-0.25, -0.2) is 0 Å². The highest BCUT2D eigenvalue weighted by atomic mass is 35.5. The number of hydrogen-bond donors (Lipinski definition) is 0. The van der Waals surface area contributed by atoms with E-state index in [1.807, 2.05) is 39.0 Å². The highest BCUT2D eigenvalue weighted by Crippen LogP contribution is 2.27. The van der Waals surface area contributed by atoms with Crippen molar-refractivity contribution in [1.82, 2.24) is 0 Å². The highest BCUT2D eigenvalue weighted by molar-refractivity contribution is 6.35. The Bertz CT molecular complexity index is 543. The van der Waals surface area contributed by atoms with Crippen molar-refractivity contribution in [2.75, 3.05) is 0 Å². The number of hydrogen-bond acceptors (Lipinski definition) is 1. The standard InChI is InChI=1S/C13H14ClNO/c1-13(2,3)12-8-10(14)9-6-4-5-7-11(9)15(12)16/h4-8H,1-3H3. The molecule has 0 saturated carbocycles. The Kier molecular flexibility index (Phi) is 2.55. The lowest BCUT2D eigenvalue weighted by Crippen LogP contribution is -2.38. The van der Waals surface area contributed by atoms with Gasteiger partial charge in [0.1, 0.15) is 0 Å². The molecule has 0 N–H and O–H groups in total. The molecule has 2 nitrogen and oxygen atoms in total. The van der Waals surface area contributed by atoms with Gasteiger partial charge in [0.15, 0.2) is 5.69 Å². The number of halogens is 1. The molecule has 0 bridgehead atoms. The van der Waals surface area contributed by atoms with Gasteiger partial charge in [-0.15, -0.1) is 0 Å². The summed E-state index contributed by atoms with van der Waals surface area (Å²) >= 11 is 6.19. The van der Waals surface area contributed by atoms with Gasteiger partial charge in [-0.3, -0.25) is 0 Å². The first-order chi connectivity index (χ1) is 7.41. The Morgan fingerprint density at radius 1 is 1.19 bits per heavy atom. The second kappa shape index (κ2) is 3.63. The van der Waals surface area contributed by atoms with E-state index in [1.165, 1.54) is 0 Å². The summed E-state index contributed by atoms with van der Waals surface area (Å²) in [7, 11) is 0. The molecule has 0 radical (unpaired) electrons. The van der Waals surface area contributed by atoms with Crippen molar-refractivity contribution in [2.45, 2.75) is 26.2 Å². The van der Waals surface area contributed by atoms with Gasteiger partial charge in [0.2, 0.25) is 5.52 Å². The summed E-state index contributed by atoms with van der Waals surface area (Å²) in [6.07, 6.45) is 0. The topological polar surface area (TPSA) is 26.9 Å². The second-order valence-electron chi connectivity index (χ2n) is 4.94. The molecule has 16 heavy (non-hydrogen) atoms. The Morgan fingerprint density at radius 2 is 1.81 bits per heavy atom. The smallest absolute Gasteiger partial charge is 0.225 e. The zero-order valence-corrected chi connectivity index (χ0v) is 10.4. The number of aromatic nitrogens is 1. The van der Waals surface area contributed by atoms with Crippen LogP contribution < -0.4 is 4.73 Å². The quantitative estimate of drug-likeness (QED) is 0.508. The lowest BCUT2D eigenvalue weighted by atomic mass is 9.91. The van der Waals surface area contributed by atoms with E-state index in [0.29, 0.717) is 16.2 Å². The van der Waals surface area contributed by atoms with E-state index in [0.717, 1.165) is 10.1 Å². The van der Waals surface area contributed by atoms with Crippen molar-refractivity contribution in [3.05, 3.63) is 46.3 Å². The van der Waals surface area contributed by atoms with Crippen molar-refractivity contribution >= 4 is 22.5 Å². The van der Waals surface area contributed by atoms with Crippen LogP contribution in [0.5, 0.6) is 0 Å². The van der Waals surface area contributed by atoms with Crippen molar-refractivity contribution in [3.8, 4) is 0 Å². The normalized spacial score (nSPS) is 12.0. The monoisotopic (exact) mass is 235 g/mol. The van der Waals surface area contributed by atoms with Crippen LogP contribution in [0.25, 0.3) is 10.9 Å². The Labute approximate surface area is 100 Å². The summed E-state index contributed by atoms with van der Waals surface area (Å²) in [5, 5.41) is 13.6. The van der Waals surface area contributed by atoms with Crippen molar-refractivity contribution in [2.24, 2.45) is 0 Å². The number of nitrogens with zero attached hydrogens (tertiary/aromatic N) is 1. The first-order valence-electron chi connectivity index (χ1n) is 5.22. The Balaban J connectivity index is 2.86. The van der Waals surface area contributed by atoms with Gasteiger partial charge in [-0.2, -0.15) is 4.73 Å². The molecular formula is C13H14ClNO. The Hall–Kier alpha value is -1.28. The summed E-state index contributed by atoms with van der Waals surface area (Å²) in [6, 6.07) is 9.14. The summed E-state index contributed by atoms with van der Waals surface area (Å²) in [5.41, 5.74) is 1.10. The van der Waals surface area contributed by atoms with E-state index in [2.05, 4.69) is 0 Å². The van der Waals surface area contributed by atoms with Crippen LogP contribution in [0.15, 0.2) is 30.3 Å². The molecule has 0 amide bonds. The van der Waals surface area contributed by atoms with Crippen LogP contribution in [-0.4, -0.2) is 0 Å². The van der Waals surface area contributed by atoms with Crippen LogP contribution in [0.3, 0.4) is 0 Å². The molecule has 0 atom stereocenters. The number of rotatable bonds is 0. The summed E-state index contributed by atoms with van der Waals surface area (Å²) in [6.45, 7) is 6.01. The van der Waals surface area contributed by atoms with Crippen LogP contribution >= 0.6 is 11.6 Å². The molecule has 2 rings (SSSR count). The van der Waals surface area contributed by atoms with Crippen molar-refractivity contribution in [3.63, 3.8) is 0 Å². The Morgan fingerprint density at radius 3 is 2.44 bits per heavy atom. The molecule has 0 saturated heterocycles. The molecule has 0 aliphatic carbocycles. The fourth-order valence-corrected chi connectivity index (χ4v) is 2.02. The van der Waals surface area contributed by atoms with E-state index < -0.39 is 0 Å². The molecule has 84 valence electrons. The van der Waals surface area contributed by atoms with Crippen molar-refractivity contribution < 1.29 is 4.73 Å². The average Bonchev–Trinajstić information content (AvgIpc) is 2.22. The van der Waals surface area contributed by atoms with Crippen LogP contribution in [0.1, 0.15) is 26.5 Å². The van der Waals surface area contributed by atoms with Crippen LogP contribution in [0, 0.1) is 5.21 Å². The predicted octanol–water partition coefficient (Wildman–Crippen LogP) is 3.42. The maximum Gasteiger partial charge on any atom is 0.225 e. The summed E-state index contributed by atoms with van der Waals surface area (Å²) < 4.78 is 0.973. The minimum absolute atomic E-state index is 0.213. The molecule has 0 aliphatic rings. The predicted molar refractivity (Wildman–Crippen MR) is 66.6 cm³/mol. The average molecular weight is 236 g/mol. The SMILES string of the molecule is CC(C)(C)c1cc(Cl)c2ccccc2[n+]1[O-]. The zero-order chi connectivity index (χ0) is 11.9. The molecule has 2 aromatic rings. The molecule has 0 unspecified atom stereocenters. The zero-order valence-electron chi connectivity index (χ0n) is 9.62. The molecular weight excluding hydrogens is 222 g/mol. The molecule has 0 aliphatic heterocycles. The third-order valence-corrected chi connectivity index (χ3v) is 2.94. The number of para-hydroxylation sites is 1. The first kappa shape index (κ1) is 11.2. The minimum atomic E-state index is -0.213. The molecule has 1 aromatic heterocycles. The summed E-state index contributed by atoms with van der Waals surface area (Å²) in [4.78, 5) is 0. The lowest BCUT2D eigenvalue weighted by molar-refractivity contribution is -0.590. The third kappa shape index (κ3) is 1.74. The number of fused-ring (bicyclic) bond motifs is 1. The van der Waals surface area contributed by atoms with Gasteiger partial charge in [0.05, 0.1) is 10.4 Å². The highest BCUT2D eigenvalue weighted by Gasteiger charge is 2.25. The first-order valence-corrected chi connectivity index (χ1v) is 5.60. The van der Waals surface area contributed by atoms with Gasteiger partial charge in [-0.1, -0.05) is 44.5 Å². The maximum absolute atomic E-state index is 12.2. The summed E-state index contributed by atoms with van der Waals surface area (Å²) in [5.74, 6) is 0. The largest absolute Gasteiger partial charge is 0.618 e. The third-order valence-electron chi connectivity index (χ3n) is 2.63. The van der Waals surface area contributed by atoms with E-state index in [9.17, 15) is 5.21 Å². The lowest BCUT2D eigenvalue weighted by Gasteiger charge is -2.19. The molecule has 0 spiro atoms. The van der Waals surface area contributed by atoms with Gasteiger partial charge < -0.3 is 5.21 Å². The van der Waals surface area contributed by atoms with E-state index >= 15 is 0 Å². The molecule has 1 aromatic carbocycles. The van der Waals surface area contributed by atoms with Gasteiger partial charge in [0, 0.05) is 17.5 Å². The number of pyridine rings is 1. The number of benzene rings is 1. The van der Waals surface area contributed by atoms with E-state index in [4.69, 9.17) is 11.6 Å². The van der Waals surface area contributed by atoms with Crippen molar-refractivity contribution in [1.29, 1.82) is 0 Å². The van der Waals surface area contributed by atoms with Crippen LogP contribution in [-0.2, 0) is 5.41 Å². The molecule has 3 heteroatoms. The minimum Gasteiger partial charge on any atom is -0.618 e. The van der Waals surface area contributed by atoms with E-state index in [1.54, 1.807) is 12.1 Å². The molecule has 0 fully saturated rings. The fourth-order valence-electron chi connectivity index (χ4n) is 1.76. The molecule has 1 heterocycles. The van der Waals surface area contributed by atoms with Gasteiger partial charge in [-0.05, 0) is 6.07 Å². The van der Waals surface area contributed by atoms with Gasteiger partial charge >= 0.3 is 0 Å². The van der Waals surface area contributed by atoms with Crippen LogP contribution in [0.4, 0.5) is 0 Å². The van der Waals surface area contributed by atoms with Gasteiger partial charge in [0.25, 0.3) is 0 Å². The van der Waals surface area contributed by atoms with Crippen LogP contribution in [0.2, 0.25) is 5.02 Å². The van der Waals surface area contributed by atoms with E-state index in [-0.39, 0.29) is 5.41 Å². The fraction of sp³-hybridized carbons (Fsp3) is 0.308.